The van der Waals surface area contributed by atoms with Gasteiger partial charge in [0.1, 0.15) is 5.82 Å². The van der Waals surface area contributed by atoms with Crippen LogP contribution in [0.1, 0.15) is 11.1 Å². The second-order valence-corrected chi connectivity index (χ2v) is 3.94. The second-order valence-electron chi connectivity index (χ2n) is 3.94. The van der Waals surface area contributed by atoms with Gasteiger partial charge in [-0.3, -0.25) is 0 Å². The van der Waals surface area contributed by atoms with Crippen LogP contribution < -0.4 is 4.74 Å². The first-order chi connectivity index (χ1) is 8.74. The summed E-state index contributed by atoms with van der Waals surface area (Å²) in [5.74, 6) is 0.375. The molecule has 0 aliphatic heterocycles. The topological polar surface area (TPSA) is 47.3 Å². The van der Waals surface area contributed by atoms with Crippen molar-refractivity contribution in [1.82, 2.24) is 9.78 Å². The molecular formula is C13H15FN2O2. The van der Waals surface area contributed by atoms with E-state index in [0.29, 0.717) is 18.8 Å². The van der Waals surface area contributed by atoms with Crippen LogP contribution in [0.4, 0.5) is 4.39 Å². The van der Waals surface area contributed by atoms with Gasteiger partial charge in [-0.1, -0.05) is 12.1 Å². The van der Waals surface area contributed by atoms with Crippen LogP contribution in [0.2, 0.25) is 0 Å². The highest BCUT2D eigenvalue weighted by atomic mass is 19.1. The van der Waals surface area contributed by atoms with Crippen molar-refractivity contribution in [2.24, 2.45) is 0 Å². The molecular weight excluding hydrogens is 235 g/mol. The maximum absolute atomic E-state index is 12.8. The highest BCUT2D eigenvalue weighted by Crippen LogP contribution is 2.19. The van der Waals surface area contributed by atoms with E-state index in [1.54, 1.807) is 30.1 Å². The van der Waals surface area contributed by atoms with Crippen molar-refractivity contribution >= 4 is 0 Å². The lowest BCUT2D eigenvalue weighted by atomic mass is 10.2. The lowest BCUT2D eigenvalue weighted by molar-refractivity contribution is 0.295. The number of methoxy groups -OCH3 is 1. The van der Waals surface area contributed by atoms with Gasteiger partial charge in [-0.15, -0.1) is 0 Å². The van der Waals surface area contributed by atoms with Crippen molar-refractivity contribution < 1.29 is 14.2 Å². The number of benzene rings is 1. The third-order valence-corrected chi connectivity index (χ3v) is 2.68. The third-order valence-electron chi connectivity index (χ3n) is 2.68. The molecule has 0 saturated carbocycles. The fraction of sp³-hybridized carbons (Fsp3) is 0.308. The number of hydrogen-bond acceptors (Lipinski definition) is 3. The molecule has 1 heterocycles. The van der Waals surface area contributed by atoms with Crippen LogP contribution in [-0.4, -0.2) is 28.6 Å². The van der Waals surface area contributed by atoms with Crippen LogP contribution in [-0.2, 0) is 13.0 Å². The number of hydrogen-bond donors (Lipinski definition) is 1. The molecule has 2 aromatic rings. The van der Waals surface area contributed by atoms with E-state index in [4.69, 9.17) is 9.84 Å². The first-order valence-electron chi connectivity index (χ1n) is 5.68. The van der Waals surface area contributed by atoms with E-state index in [1.165, 1.54) is 12.1 Å². The molecule has 1 N–H and O–H groups in total. The number of aromatic nitrogens is 2. The molecule has 5 heteroatoms. The van der Waals surface area contributed by atoms with E-state index in [-0.39, 0.29) is 12.4 Å². The minimum absolute atomic E-state index is 0.0542. The molecule has 1 aromatic heterocycles. The Labute approximate surface area is 105 Å². The molecule has 0 fully saturated rings. The van der Waals surface area contributed by atoms with Gasteiger partial charge in [0, 0.05) is 18.6 Å². The summed E-state index contributed by atoms with van der Waals surface area (Å²) >= 11 is 0. The lowest BCUT2D eigenvalue weighted by Crippen LogP contribution is -2.05. The minimum atomic E-state index is -0.257. The number of aliphatic hydroxyl groups is 1. The van der Waals surface area contributed by atoms with Crippen LogP contribution in [0.15, 0.2) is 30.5 Å². The Morgan fingerprint density at radius 3 is 2.67 bits per heavy atom. The first kappa shape index (κ1) is 12.6. The molecule has 96 valence electrons. The maximum Gasteiger partial charge on any atom is 0.215 e. The Balaban J connectivity index is 2.20. The SMILES string of the molecule is COc1c(CCO)cnn1Cc1ccc(F)cc1. The van der Waals surface area contributed by atoms with Gasteiger partial charge in [-0.05, 0) is 17.7 Å². The zero-order valence-corrected chi connectivity index (χ0v) is 10.1. The summed E-state index contributed by atoms with van der Waals surface area (Å²) in [4.78, 5) is 0. The average molecular weight is 250 g/mol. The van der Waals surface area contributed by atoms with Gasteiger partial charge in [-0.25, -0.2) is 9.07 Å². The minimum Gasteiger partial charge on any atom is -0.481 e. The van der Waals surface area contributed by atoms with Crippen molar-refractivity contribution in [2.75, 3.05) is 13.7 Å². The van der Waals surface area contributed by atoms with Crippen LogP contribution in [0.25, 0.3) is 0 Å². The van der Waals surface area contributed by atoms with Crippen molar-refractivity contribution in [3.8, 4) is 5.88 Å². The van der Waals surface area contributed by atoms with Gasteiger partial charge in [0.2, 0.25) is 5.88 Å². The van der Waals surface area contributed by atoms with Crippen molar-refractivity contribution in [3.63, 3.8) is 0 Å². The number of ether oxygens (including phenoxy) is 1. The number of rotatable bonds is 5. The highest BCUT2D eigenvalue weighted by Gasteiger charge is 2.11. The van der Waals surface area contributed by atoms with Crippen LogP contribution in [0.3, 0.4) is 0 Å². The number of aliphatic hydroxyl groups excluding tert-OH is 1. The van der Waals surface area contributed by atoms with Crippen LogP contribution in [0.5, 0.6) is 5.88 Å². The summed E-state index contributed by atoms with van der Waals surface area (Å²) in [6.45, 7) is 0.563. The Morgan fingerprint density at radius 1 is 1.33 bits per heavy atom. The quantitative estimate of drug-likeness (QED) is 0.877. The lowest BCUT2D eigenvalue weighted by Gasteiger charge is -2.08. The van der Waals surface area contributed by atoms with E-state index in [9.17, 15) is 4.39 Å². The van der Waals surface area contributed by atoms with Gasteiger partial charge in [-0.2, -0.15) is 5.10 Å². The van der Waals surface area contributed by atoms with E-state index in [0.717, 1.165) is 11.1 Å². The Morgan fingerprint density at radius 2 is 2.06 bits per heavy atom. The van der Waals surface area contributed by atoms with Gasteiger partial charge in [0.15, 0.2) is 0 Å². The summed E-state index contributed by atoms with van der Waals surface area (Å²) in [5, 5.41) is 13.1. The predicted octanol–water partition coefficient (Wildman–Crippen LogP) is 1.61. The Kier molecular flexibility index (Phi) is 3.94. The molecule has 0 unspecified atom stereocenters. The highest BCUT2D eigenvalue weighted by molar-refractivity contribution is 5.26. The summed E-state index contributed by atoms with van der Waals surface area (Å²) in [7, 11) is 1.57. The number of halogens is 1. The Hall–Kier alpha value is -1.88. The fourth-order valence-corrected chi connectivity index (χ4v) is 1.82. The molecule has 4 nitrogen and oxygen atoms in total. The second kappa shape index (κ2) is 5.64. The monoisotopic (exact) mass is 250 g/mol. The summed E-state index contributed by atoms with van der Waals surface area (Å²) in [6, 6.07) is 6.25. The summed E-state index contributed by atoms with van der Waals surface area (Å²) in [6.07, 6.45) is 2.19. The molecule has 0 bridgehead atoms. The number of nitrogens with zero attached hydrogens (tertiary/aromatic N) is 2. The Bertz CT molecular complexity index is 508. The fourth-order valence-electron chi connectivity index (χ4n) is 1.82. The molecule has 1 aromatic carbocycles. The zero-order valence-electron chi connectivity index (χ0n) is 10.1. The van der Waals surface area contributed by atoms with Crippen molar-refractivity contribution in [1.29, 1.82) is 0 Å². The summed E-state index contributed by atoms with van der Waals surface area (Å²) < 4.78 is 19.8. The summed E-state index contributed by atoms with van der Waals surface area (Å²) in [5.41, 5.74) is 1.80. The zero-order chi connectivity index (χ0) is 13.0. The largest absolute Gasteiger partial charge is 0.481 e. The average Bonchev–Trinajstić information content (AvgIpc) is 2.75. The molecule has 0 amide bonds. The third kappa shape index (κ3) is 2.68. The van der Waals surface area contributed by atoms with E-state index < -0.39 is 0 Å². The van der Waals surface area contributed by atoms with Crippen molar-refractivity contribution in [3.05, 3.63) is 47.4 Å². The van der Waals surface area contributed by atoms with Gasteiger partial charge in [0.25, 0.3) is 0 Å². The van der Waals surface area contributed by atoms with Gasteiger partial charge < -0.3 is 9.84 Å². The van der Waals surface area contributed by atoms with E-state index >= 15 is 0 Å². The van der Waals surface area contributed by atoms with Gasteiger partial charge >= 0.3 is 0 Å². The van der Waals surface area contributed by atoms with E-state index in [1.807, 2.05) is 0 Å². The standard InChI is InChI=1S/C13H15FN2O2/c1-18-13-11(6-7-17)8-15-16(13)9-10-2-4-12(14)5-3-10/h2-5,8,17H,6-7,9H2,1H3. The normalized spacial score (nSPS) is 10.6. The van der Waals surface area contributed by atoms with E-state index in [2.05, 4.69) is 5.10 Å². The molecule has 0 atom stereocenters. The van der Waals surface area contributed by atoms with Crippen molar-refractivity contribution in [2.45, 2.75) is 13.0 Å². The molecule has 0 saturated heterocycles. The van der Waals surface area contributed by atoms with Gasteiger partial charge in [0.05, 0.1) is 19.9 Å². The van der Waals surface area contributed by atoms with Crippen LogP contribution >= 0.6 is 0 Å². The molecule has 0 radical (unpaired) electrons. The van der Waals surface area contributed by atoms with Crippen LogP contribution in [0, 0.1) is 5.82 Å². The molecule has 2 rings (SSSR count). The smallest absolute Gasteiger partial charge is 0.215 e. The maximum atomic E-state index is 12.8. The molecule has 0 aliphatic rings. The first-order valence-corrected chi connectivity index (χ1v) is 5.68. The molecule has 0 spiro atoms. The molecule has 0 aliphatic carbocycles. The predicted molar refractivity (Wildman–Crippen MR) is 65.1 cm³/mol. The molecule has 18 heavy (non-hydrogen) atoms.